The highest BCUT2D eigenvalue weighted by Gasteiger charge is 2.20. The fourth-order valence-electron chi connectivity index (χ4n) is 1.54. The highest BCUT2D eigenvalue weighted by atomic mass is 16.5. The van der Waals surface area contributed by atoms with E-state index >= 15 is 0 Å². The third-order valence-electron chi connectivity index (χ3n) is 2.82. The van der Waals surface area contributed by atoms with E-state index in [1.807, 2.05) is 0 Å². The lowest BCUT2D eigenvalue weighted by Gasteiger charge is -2.06. The number of hydrogen-bond acceptors (Lipinski definition) is 4. The maximum Gasteiger partial charge on any atom is 0.251 e. The van der Waals surface area contributed by atoms with Crippen LogP contribution < -0.4 is 5.32 Å². The molecule has 1 aromatic carbocycles. The maximum atomic E-state index is 11.7. The van der Waals surface area contributed by atoms with Crippen molar-refractivity contribution in [3.63, 3.8) is 0 Å². The third-order valence-corrected chi connectivity index (χ3v) is 2.82. The lowest BCUT2D eigenvalue weighted by Crippen LogP contribution is -2.27. The number of phenols is 2. The summed E-state index contributed by atoms with van der Waals surface area (Å²) < 4.78 is 5.38. The Labute approximate surface area is 105 Å². The van der Waals surface area contributed by atoms with Crippen LogP contribution >= 0.6 is 0 Å². The zero-order chi connectivity index (χ0) is 13.0. The number of phenolic OH excluding ortho intramolecular Hbond substituents is 2. The van der Waals surface area contributed by atoms with Crippen LogP contribution in [0, 0.1) is 5.92 Å². The normalized spacial score (nSPS) is 14.4. The average molecular weight is 251 g/mol. The number of nitrogens with one attached hydrogen (secondary N) is 1. The van der Waals surface area contributed by atoms with Gasteiger partial charge < -0.3 is 20.3 Å². The van der Waals surface area contributed by atoms with E-state index in [9.17, 15) is 9.90 Å². The van der Waals surface area contributed by atoms with Crippen LogP contribution in [0.4, 0.5) is 0 Å². The summed E-state index contributed by atoms with van der Waals surface area (Å²) in [5.41, 5.74) is 0.312. The van der Waals surface area contributed by atoms with Crippen molar-refractivity contribution in [1.82, 2.24) is 5.32 Å². The van der Waals surface area contributed by atoms with E-state index in [1.165, 1.54) is 31.0 Å². The molecule has 5 heteroatoms. The van der Waals surface area contributed by atoms with Crippen LogP contribution in [-0.2, 0) is 4.74 Å². The predicted molar refractivity (Wildman–Crippen MR) is 65.6 cm³/mol. The summed E-state index contributed by atoms with van der Waals surface area (Å²) in [5.74, 6) is -0.109. The molecular weight excluding hydrogens is 234 g/mol. The van der Waals surface area contributed by atoms with Crippen molar-refractivity contribution in [1.29, 1.82) is 0 Å². The minimum atomic E-state index is -0.298. The number of rotatable bonds is 6. The summed E-state index contributed by atoms with van der Waals surface area (Å²) >= 11 is 0. The van der Waals surface area contributed by atoms with E-state index in [0.29, 0.717) is 18.7 Å². The molecule has 0 atom stereocenters. The van der Waals surface area contributed by atoms with E-state index in [2.05, 4.69) is 5.32 Å². The molecule has 0 heterocycles. The summed E-state index contributed by atoms with van der Waals surface area (Å²) in [5, 5.41) is 21.1. The summed E-state index contributed by atoms with van der Waals surface area (Å²) in [6, 6.07) is 3.97. The number of carbonyl (C=O) groups is 1. The van der Waals surface area contributed by atoms with Crippen molar-refractivity contribution in [2.24, 2.45) is 5.92 Å². The van der Waals surface area contributed by atoms with E-state index in [1.54, 1.807) is 0 Å². The Morgan fingerprint density at radius 2 is 2.11 bits per heavy atom. The third kappa shape index (κ3) is 3.63. The molecule has 18 heavy (non-hydrogen) atoms. The van der Waals surface area contributed by atoms with E-state index in [4.69, 9.17) is 9.84 Å². The lowest BCUT2D eigenvalue weighted by molar-refractivity contribution is 0.0906. The first-order valence-electron chi connectivity index (χ1n) is 6.05. The largest absolute Gasteiger partial charge is 0.504 e. The SMILES string of the molecule is O=C(NCCOCC1CC1)c1ccc(O)c(O)c1. The van der Waals surface area contributed by atoms with Crippen molar-refractivity contribution in [2.45, 2.75) is 12.8 Å². The van der Waals surface area contributed by atoms with Crippen LogP contribution in [0.5, 0.6) is 11.5 Å². The maximum absolute atomic E-state index is 11.7. The van der Waals surface area contributed by atoms with E-state index in [-0.39, 0.29) is 17.4 Å². The van der Waals surface area contributed by atoms with E-state index < -0.39 is 0 Å². The van der Waals surface area contributed by atoms with Crippen molar-refractivity contribution >= 4 is 5.91 Å². The minimum absolute atomic E-state index is 0.237. The van der Waals surface area contributed by atoms with Gasteiger partial charge in [0.15, 0.2) is 11.5 Å². The van der Waals surface area contributed by atoms with Crippen LogP contribution in [0.15, 0.2) is 18.2 Å². The molecule has 1 aromatic rings. The second kappa shape index (κ2) is 5.73. The summed E-state index contributed by atoms with van der Waals surface area (Å²) in [7, 11) is 0. The number of carbonyl (C=O) groups excluding carboxylic acids is 1. The van der Waals surface area contributed by atoms with Crippen LogP contribution in [0.25, 0.3) is 0 Å². The zero-order valence-corrected chi connectivity index (χ0v) is 10.1. The van der Waals surface area contributed by atoms with Gasteiger partial charge in [-0.15, -0.1) is 0 Å². The molecule has 98 valence electrons. The van der Waals surface area contributed by atoms with Crippen molar-refractivity contribution in [2.75, 3.05) is 19.8 Å². The van der Waals surface area contributed by atoms with Gasteiger partial charge in [-0.05, 0) is 37.0 Å². The molecule has 0 saturated heterocycles. The first kappa shape index (κ1) is 12.7. The number of hydrogen-bond donors (Lipinski definition) is 3. The number of aromatic hydroxyl groups is 2. The van der Waals surface area contributed by atoms with Gasteiger partial charge >= 0.3 is 0 Å². The van der Waals surface area contributed by atoms with E-state index in [0.717, 1.165) is 12.5 Å². The molecule has 1 aliphatic rings. The van der Waals surface area contributed by atoms with Gasteiger partial charge in [-0.2, -0.15) is 0 Å². The zero-order valence-electron chi connectivity index (χ0n) is 10.1. The Balaban J connectivity index is 1.70. The molecule has 2 rings (SSSR count). The minimum Gasteiger partial charge on any atom is -0.504 e. The van der Waals surface area contributed by atoms with Crippen LogP contribution in [0.2, 0.25) is 0 Å². The monoisotopic (exact) mass is 251 g/mol. The highest BCUT2D eigenvalue weighted by Crippen LogP contribution is 2.28. The van der Waals surface area contributed by atoms with Crippen LogP contribution in [-0.4, -0.2) is 35.9 Å². The van der Waals surface area contributed by atoms with Gasteiger partial charge in [-0.1, -0.05) is 0 Å². The fourth-order valence-corrected chi connectivity index (χ4v) is 1.54. The van der Waals surface area contributed by atoms with Crippen LogP contribution in [0.3, 0.4) is 0 Å². The molecule has 0 spiro atoms. The first-order valence-corrected chi connectivity index (χ1v) is 6.05. The molecule has 3 N–H and O–H groups in total. The van der Waals surface area contributed by atoms with Crippen molar-refractivity contribution in [3.8, 4) is 11.5 Å². The van der Waals surface area contributed by atoms with Crippen molar-refractivity contribution < 1.29 is 19.7 Å². The van der Waals surface area contributed by atoms with Gasteiger partial charge in [0, 0.05) is 18.7 Å². The molecule has 1 amide bonds. The van der Waals surface area contributed by atoms with Gasteiger partial charge in [0.1, 0.15) is 0 Å². The molecule has 5 nitrogen and oxygen atoms in total. The Bertz CT molecular complexity index is 429. The lowest BCUT2D eigenvalue weighted by atomic mass is 10.2. The molecule has 0 aliphatic heterocycles. The number of ether oxygens (including phenoxy) is 1. The highest BCUT2D eigenvalue weighted by molar-refractivity contribution is 5.94. The Morgan fingerprint density at radius 3 is 2.78 bits per heavy atom. The number of benzene rings is 1. The Morgan fingerprint density at radius 1 is 1.33 bits per heavy atom. The Hall–Kier alpha value is -1.75. The second-order valence-electron chi connectivity index (χ2n) is 4.48. The van der Waals surface area contributed by atoms with Gasteiger partial charge in [-0.25, -0.2) is 0 Å². The van der Waals surface area contributed by atoms with Gasteiger partial charge in [0.2, 0.25) is 0 Å². The topological polar surface area (TPSA) is 78.8 Å². The second-order valence-corrected chi connectivity index (χ2v) is 4.48. The molecule has 1 fully saturated rings. The molecule has 0 bridgehead atoms. The standard InChI is InChI=1S/C13H17NO4/c15-11-4-3-10(7-12(11)16)13(17)14-5-6-18-8-9-1-2-9/h3-4,7,9,15-16H,1-2,5-6,8H2,(H,14,17). The average Bonchev–Trinajstić information content (AvgIpc) is 3.16. The fraction of sp³-hybridized carbons (Fsp3) is 0.462. The summed E-state index contributed by atoms with van der Waals surface area (Å²) in [6.45, 7) is 1.70. The molecule has 1 aliphatic carbocycles. The molecule has 0 radical (unpaired) electrons. The van der Waals surface area contributed by atoms with Gasteiger partial charge in [0.05, 0.1) is 6.61 Å². The van der Waals surface area contributed by atoms with Crippen molar-refractivity contribution in [3.05, 3.63) is 23.8 Å². The molecule has 1 saturated carbocycles. The molecule has 0 aromatic heterocycles. The Kier molecular flexibility index (Phi) is 4.04. The molecule has 0 unspecified atom stereocenters. The summed E-state index contributed by atoms with van der Waals surface area (Å²) in [4.78, 5) is 11.7. The van der Waals surface area contributed by atoms with Gasteiger partial charge in [-0.3, -0.25) is 4.79 Å². The predicted octanol–water partition coefficient (Wildman–Crippen LogP) is 1.25. The van der Waals surface area contributed by atoms with Crippen LogP contribution in [0.1, 0.15) is 23.2 Å². The summed E-state index contributed by atoms with van der Waals surface area (Å²) in [6.07, 6.45) is 2.50. The van der Waals surface area contributed by atoms with Gasteiger partial charge in [0.25, 0.3) is 5.91 Å². The smallest absolute Gasteiger partial charge is 0.251 e. The quantitative estimate of drug-likeness (QED) is 0.525. The first-order chi connectivity index (χ1) is 8.66. The molecular formula is C13H17NO4. The number of amides is 1.